The van der Waals surface area contributed by atoms with Gasteiger partial charge in [-0.15, -0.1) is 0 Å². The SMILES string of the molecule is COc1ccc(C2(c3cc(F)cc(F)c3)N=C(C)N(C)C2=O)cc1Cl. The van der Waals surface area contributed by atoms with Gasteiger partial charge in [0.15, 0.2) is 5.54 Å². The van der Waals surface area contributed by atoms with E-state index in [1.807, 2.05) is 0 Å². The fourth-order valence-corrected chi connectivity index (χ4v) is 3.21. The van der Waals surface area contributed by atoms with E-state index in [-0.39, 0.29) is 10.6 Å². The number of carbonyl (C=O) groups excluding carboxylic acids is 1. The first-order valence-corrected chi connectivity index (χ1v) is 7.82. The molecular weight excluding hydrogens is 350 g/mol. The van der Waals surface area contributed by atoms with Crippen molar-refractivity contribution in [2.45, 2.75) is 12.5 Å². The second kappa shape index (κ2) is 6.11. The summed E-state index contributed by atoms with van der Waals surface area (Å²) in [6.07, 6.45) is 0. The third kappa shape index (κ3) is 2.66. The summed E-state index contributed by atoms with van der Waals surface area (Å²) in [7, 11) is 3.03. The first kappa shape index (κ1) is 17.4. The zero-order valence-electron chi connectivity index (χ0n) is 13.8. The average Bonchev–Trinajstić information content (AvgIpc) is 2.79. The number of nitrogens with zero attached hydrogens (tertiary/aromatic N) is 2. The molecule has 1 heterocycles. The lowest BCUT2D eigenvalue weighted by Crippen LogP contribution is -2.39. The maximum Gasteiger partial charge on any atom is 0.264 e. The molecule has 1 amide bonds. The molecule has 0 bridgehead atoms. The van der Waals surface area contributed by atoms with Crippen LogP contribution in [0.2, 0.25) is 5.02 Å². The van der Waals surface area contributed by atoms with E-state index < -0.39 is 23.1 Å². The van der Waals surface area contributed by atoms with Crippen molar-refractivity contribution in [3.63, 3.8) is 0 Å². The van der Waals surface area contributed by atoms with Gasteiger partial charge in [-0.3, -0.25) is 4.79 Å². The van der Waals surface area contributed by atoms with Crippen molar-refractivity contribution in [2.75, 3.05) is 14.2 Å². The molecular formula is C18H15ClF2N2O2. The molecule has 2 aromatic rings. The predicted octanol–water partition coefficient (Wildman–Crippen LogP) is 3.76. The Hall–Kier alpha value is -2.47. The summed E-state index contributed by atoms with van der Waals surface area (Å²) in [4.78, 5) is 18.8. The van der Waals surface area contributed by atoms with Crippen LogP contribution in [0.25, 0.3) is 0 Å². The van der Waals surface area contributed by atoms with Crippen molar-refractivity contribution in [2.24, 2.45) is 4.99 Å². The Morgan fingerprint density at radius 1 is 1.12 bits per heavy atom. The average molecular weight is 365 g/mol. The van der Waals surface area contributed by atoms with Crippen LogP contribution in [0.1, 0.15) is 18.1 Å². The Bertz CT molecular complexity index is 880. The first-order valence-electron chi connectivity index (χ1n) is 7.45. The van der Waals surface area contributed by atoms with E-state index in [4.69, 9.17) is 16.3 Å². The lowest BCUT2D eigenvalue weighted by molar-refractivity contribution is -0.129. The highest BCUT2D eigenvalue weighted by atomic mass is 35.5. The van der Waals surface area contributed by atoms with Gasteiger partial charge in [0.05, 0.1) is 12.1 Å². The van der Waals surface area contributed by atoms with Gasteiger partial charge >= 0.3 is 0 Å². The highest BCUT2D eigenvalue weighted by molar-refractivity contribution is 6.32. The highest BCUT2D eigenvalue weighted by Crippen LogP contribution is 2.42. The molecule has 0 saturated carbocycles. The molecule has 3 rings (SSSR count). The molecule has 130 valence electrons. The van der Waals surface area contributed by atoms with E-state index in [1.54, 1.807) is 26.1 Å². The molecule has 7 heteroatoms. The number of methoxy groups -OCH3 is 1. The Kier molecular flexibility index (Phi) is 4.24. The minimum atomic E-state index is -1.60. The number of rotatable bonds is 3. The second-order valence-electron chi connectivity index (χ2n) is 5.74. The number of ether oxygens (including phenoxy) is 1. The fraction of sp³-hybridized carbons (Fsp3) is 0.222. The molecule has 0 aromatic heterocycles. The van der Waals surface area contributed by atoms with E-state index in [9.17, 15) is 13.6 Å². The Labute approximate surface area is 148 Å². The molecule has 4 nitrogen and oxygen atoms in total. The predicted molar refractivity (Wildman–Crippen MR) is 91.0 cm³/mol. The molecule has 1 aliphatic rings. The quantitative estimate of drug-likeness (QED) is 0.832. The molecule has 0 N–H and O–H groups in total. The number of hydrogen-bond acceptors (Lipinski definition) is 3. The van der Waals surface area contributed by atoms with Crippen molar-refractivity contribution < 1.29 is 18.3 Å². The monoisotopic (exact) mass is 364 g/mol. The van der Waals surface area contributed by atoms with Gasteiger partial charge in [-0.2, -0.15) is 0 Å². The standard InChI is InChI=1S/C18H15ClF2N2O2/c1-10-22-18(17(24)23(10)2,12-6-13(20)9-14(21)7-12)11-4-5-16(25-3)15(19)8-11/h4-9H,1-3H3. The maximum atomic E-state index is 13.8. The smallest absolute Gasteiger partial charge is 0.264 e. The summed E-state index contributed by atoms with van der Waals surface area (Å²) in [6.45, 7) is 1.65. The van der Waals surface area contributed by atoms with Gasteiger partial charge in [0.1, 0.15) is 23.2 Å². The summed E-state index contributed by atoms with van der Waals surface area (Å²) in [6, 6.07) is 7.69. The van der Waals surface area contributed by atoms with Crippen LogP contribution in [0.15, 0.2) is 41.4 Å². The Balaban J connectivity index is 2.31. The number of hydrogen-bond donors (Lipinski definition) is 0. The van der Waals surface area contributed by atoms with E-state index in [0.717, 1.165) is 18.2 Å². The second-order valence-corrected chi connectivity index (χ2v) is 6.15. The molecule has 0 aliphatic carbocycles. The summed E-state index contributed by atoms with van der Waals surface area (Å²) in [5.41, 5.74) is -1.10. The van der Waals surface area contributed by atoms with Crippen LogP contribution in [0, 0.1) is 11.6 Å². The summed E-state index contributed by atoms with van der Waals surface area (Å²) >= 11 is 6.19. The fourth-order valence-electron chi connectivity index (χ4n) is 2.95. The van der Waals surface area contributed by atoms with Gasteiger partial charge in [-0.1, -0.05) is 17.7 Å². The Morgan fingerprint density at radius 3 is 2.24 bits per heavy atom. The van der Waals surface area contributed by atoms with E-state index in [1.165, 1.54) is 18.1 Å². The molecule has 1 aliphatic heterocycles. The molecule has 1 unspecified atom stereocenters. The van der Waals surface area contributed by atoms with E-state index in [0.29, 0.717) is 17.1 Å². The van der Waals surface area contributed by atoms with Crippen LogP contribution in [0.5, 0.6) is 5.75 Å². The molecule has 2 aromatic carbocycles. The third-order valence-corrected chi connectivity index (χ3v) is 4.57. The van der Waals surface area contributed by atoms with Gasteiger partial charge in [-0.25, -0.2) is 13.8 Å². The number of aliphatic imine (C=N–C) groups is 1. The minimum absolute atomic E-state index is 0.0972. The van der Waals surface area contributed by atoms with Crippen LogP contribution >= 0.6 is 11.6 Å². The topological polar surface area (TPSA) is 41.9 Å². The van der Waals surface area contributed by atoms with Crippen LogP contribution in [-0.2, 0) is 10.3 Å². The number of benzene rings is 2. The van der Waals surface area contributed by atoms with Gasteiger partial charge in [0.25, 0.3) is 5.91 Å². The molecule has 0 fully saturated rings. The molecule has 0 radical (unpaired) electrons. The highest BCUT2D eigenvalue weighted by Gasteiger charge is 2.49. The van der Waals surface area contributed by atoms with E-state index in [2.05, 4.69) is 4.99 Å². The van der Waals surface area contributed by atoms with Crippen LogP contribution in [-0.4, -0.2) is 30.8 Å². The number of amidine groups is 1. The molecule has 1 atom stereocenters. The molecule has 25 heavy (non-hydrogen) atoms. The zero-order chi connectivity index (χ0) is 18.4. The molecule has 0 spiro atoms. The number of halogens is 3. The van der Waals surface area contributed by atoms with Crippen molar-refractivity contribution in [1.82, 2.24) is 4.90 Å². The van der Waals surface area contributed by atoms with Crippen LogP contribution in [0.3, 0.4) is 0 Å². The third-order valence-electron chi connectivity index (χ3n) is 4.28. The van der Waals surface area contributed by atoms with Crippen molar-refractivity contribution in [3.8, 4) is 5.75 Å². The van der Waals surface area contributed by atoms with Crippen molar-refractivity contribution in [3.05, 3.63) is 64.2 Å². The number of likely N-dealkylation sites (N-methyl/N-ethyl adjacent to an activating group) is 1. The summed E-state index contributed by atoms with van der Waals surface area (Å²) in [5.74, 6) is -1.14. The van der Waals surface area contributed by atoms with Gasteiger partial charge in [0, 0.05) is 13.1 Å². The number of carbonyl (C=O) groups is 1. The van der Waals surface area contributed by atoms with Gasteiger partial charge in [0.2, 0.25) is 0 Å². The van der Waals surface area contributed by atoms with E-state index >= 15 is 0 Å². The van der Waals surface area contributed by atoms with Crippen LogP contribution < -0.4 is 4.74 Å². The maximum absolute atomic E-state index is 13.8. The van der Waals surface area contributed by atoms with Crippen molar-refractivity contribution >= 4 is 23.3 Å². The lowest BCUT2D eigenvalue weighted by atomic mass is 9.82. The summed E-state index contributed by atoms with van der Waals surface area (Å²) in [5, 5.41) is 0.270. The largest absolute Gasteiger partial charge is 0.495 e. The van der Waals surface area contributed by atoms with Crippen molar-refractivity contribution in [1.29, 1.82) is 0 Å². The first-order chi connectivity index (χ1) is 11.8. The zero-order valence-corrected chi connectivity index (χ0v) is 14.6. The minimum Gasteiger partial charge on any atom is -0.495 e. The van der Waals surface area contributed by atoms with Gasteiger partial charge in [-0.05, 0) is 42.3 Å². The Morgan fingerprint density at radius 2 is 1.76 bits per heavy atom. The summed E-state index contributed by atoms with van der Waals surface area (Å²) < 4.78 is 32.8. The number of amides is 1. The van der Waals surface area contributed by atoms with Gasteiger partial charge < -0.3 is 9.64 Å². The van der Waals surface area contributed by atoms with Crippen LogP contribution in [0.4, 0.5) is 8.78 Å². The lowest BCUT2D eigenvalue weighted by Gasteiger charge is -2.27. The molecule has 0 saturated heterocycles. The normalized spacial score (nSPS) is 20.0.